The fraction of sp³-hybridized carbons (Fsp3) is 0.933. The summed E-state index contributed by atoms with van der Waals surface area (Å²) in [6.07, 6.45) is 6.99. The van der Waals surface area contributed by atoms with E-state index >= 15 is 0 Å². The molecule has 3 fully saturated rings. The second-order valence-electron chi connectivity index (χ2n) is 7.37. The van der Waals surface area contributed by atoms with Crippen molar-refractivity contribution in [1.29, 1.82) is 0 Å². The average molecular weight is 299 g/mol. The molecule has 0 aromatic rings. The van der Waals surface area contributed by atoms with E-state index in [4.69, 9.17) is 0 Å². The van der Waals surface area contributed by atoms with Crippen molar-refractivity contribution in [2.24, 2.45) is 11.3 Å². The van der Waals surface area contributed by atoms with E-state index in [1.807, 2.05) is 13.8 Å². The molecule has 0 radical (unpaired) electrons. The van der Waals surface area contributed by atoms with Crippen LogP contribution in [0.1, 0.15) is 65.2 Å². The van der Waals surface area contributed by atoms with E-state index < -0.39 is 20.2 Å². The third-order valence-electron chi connectivity index (χ3n) is 6.17. The SMILES string of the molecule is CC1(C)C2CCC1(S(=O)(=O)NC1CCCCC1)C(=O)C2. The minimum Gasteiger partial charge on any atom is -0.298 e. The maximum Gasteiger partial charge on any atom is 0.225 e. The fourth-order valence-corrected chi connectivity index (χ4v) is 7.31. The van der Waals surface area contributed by atoms with Gasteiger partial charge >= 0.3 is 0 Å². The summed E-state index contributed by atoms with van der Waals surface area (Å²) < 4.78 is 27.7. The summed E-state index contributed by atoms with van der Waals surface area (Å²) >= 11 is 0. The molecule has 0 aromatic carbocycles. The molecule has 2 atom stereocenters. The first-order valence-corrected chi connectivity index (χ1v) is 9.35. The van der Waals surface area contributed by atoms with Crippen LogP contribution in [-0.2, 0) is 14.8 Å². The molecule has 2 unspecified atom stereocenters. The van der Waals surface area contributed by atoms with Crippen LogP contribution in [0.25, 0.3) is 0 Å². The first-order valence-electron chi connectivity index (χ1n) is 7.86. The van der Waals surface area contributed by atoms with Crippen molar-refractivity contribution in [1.82, 2.24) is 4.72 Å². The van der Waals surface area contributed by atoms with E-state index in [1.165, 1.54) is 6.42 Å². The van der Waals surface area contributed by atoms with Gasteiger partial charge in [0, 0.05) is 12.5 Å². The van der Waals surface area contributed by atoms with Gasteiger partial charge in [-0.1, -0.05) is 33.1 Å². The highest BCUT2D eigenvalue weighted by Crippen LogP contribution is 2.61. The van der Waals surface area contributed by atoms with Gasteiger partial charge in [-0.05, 0) is 37.0 Å². The summed E-state index contributed by atoms with van der Waals surface area (Å²) in [6, 6.07) is 0.0337. The maximum atomic E-state index is 13.0. The minimum absolute atomic E-state index is 0.0337. The Morgan fingerprint density at radius 3 is 2.25 bits per heavy atom. The van der Waals surface area contributed by atoms with Crippen LogP contribution in [0.5, 0.6) is 0 Å². The van der Waals surface area contributed by atoms with Gasteiger partial charge in [-0.25, -0.2) is 13.1 Å². The van der Waals surface area contributed by atoms with Gasteiger partial charge in [0.05, 0.1) is 0 Å². The zero-order chi connectivity index (χ0) is 14.6. The number of hydrogen-bond acceptors (Lipinski definition) is 3. The van der Waals surface area contributed by atoms with Gasteiger partial charge in [-0.3, -0.25) is 4.79 Å². The smallest absolute Gasteiger partial charge is 0.225 e. The van der Waals surface area contributed by atoms with Crippen LogP contribution in [0, 0.1) is 11.3 Å². The second-order valence-corrected chi connectivity index (χ2v) is 9.31. The normalized spacial score (nSPS) is 37.5. The van der Waals surface area contributed by atoms with Gasteiger partial charge in [-0.15, -0.1) is 0 Å². The Balaban J connectivity index is 1.91. The Labute approximate surface area is 121 Å². The van der Waals surface area contributed by atoms with Crippen molar-refractivity contribution in [2.75, 3.05) is 0 Å². The van der Waals surface area contributed by atoms with E-state index in [1.54, 1.807) is 0 Å². The molecule has 0 amide bonds. The Morgan fingerprint density at radius 1 is 1.10 bits per heavy atom. The molecule has 3 aliphatic carbocycles. The maximum absolute atomic E-state index is 13.0. The molecule has 0 saturated heterocycles. The number of nitrogens with one attached hydrogen (secondary N) is 1. The molecule has 3 aliphatic rings. The average Bonchev–Trinajstić information content (AvgIpc) is 2.74. The van der Waals surface area contributed by atoms with Gasteiger partial charge in [0.1, 0.15) is 4.75 Å². The second kappa shape index (κ2) is 4.54. The van der Waals surface area contributed by atoms with E-state index in [9.17, 15) is 13.2 Å². The van der Waals surface area contributed by atoms with Crippen LogP contribution in [-0.4, -0.2) is 25.0 Å². The number of rotatable bonds is 3. The van der Waals surface area contributed by atoms with Crippen LogP contribution >= 0.6 is 0 Å². The molecule has 0 heterocycles. The first-order chi connectivity index (χ1) is 9.31. The number of carbonyl (C=O) groups excluding carboxylic acids is 1. The molecular weight excluding hydrogens is 274 g/mol. The standard InChI is InChI=1S/C15H25NO3S/c1-14(2)11-8-9-15(14,13(17)10-11)20(18,19)16-12-6-4-3-5-7-12/h11-12,16H,3-10H2,1-2H3. The van der Waals surface area contributed by atoms with Crippen LogP contribution in [0.15, 0.2) is 0 Å². The Kier molecular flexibility index (Phi) is 3.29. The number of sulfonamides is 1. The summed E-state index contributed by atoms with van der Waals surface area (Å²) in [7, 11) is -3.59. The zero-order valence-electron chi connectivity index (χ0n) is 12.4. The summed E-state index contributed by atoms with van der Waals surface area (Å²) in [6.45, 7) is 3.94. The van der Waals surface area contributed by atoms with E-state index in [-0.39, 0.29) is 17.7 Å². The topological polar surface area (TPSA) is 63.2 Å². The molecule has 0 aromatic heterocycles. The molecule has 20 heavy (non-hydrogen) atoms. The predicted octanol–water partition coefficient (Wildman–Crippen LogP) is 2.39. The van der Waals surface area contributed by atoms with Crippen molar-refractivity contribution in [3.63, 3.8) is 0 Å². The molecule has 4 nitrogen and oxygen atoms in total. The lowest BCUT2D eigenvalue weighted by molar-refractivity contribution is -0.121. The largest absolute Gasteiger partial charge is 0.298 e. The highest BCUT2D eigenvalue weighted by molar-refractivity contribution is 7.91. The molecule has 0 aliphatic heterocycles. The number of carbonyl (C=O) groups is 1. The summed E-state index contributed by atoms with van der Waals surface area (Å²) in [5.74, 6) is 0.181. The molecule has 1 N–H and O–H groups in total. The zero-order valence-corrected chi connectivity index (χ0v) is 13.3. The number of ketones is 1. The molecule has 5 heteroatoms. The third kappa shape index (κ3) is 1.75. The van der Waals surface area contributed by atoms with Crippen molar-refractivity contribution in [2.45, 2.75) is 76.0 Å². The van der Waals surface area contributed by atoms with Crippen LogP contribution in [0.2, 0.25) is 0 Å². The number of hydrogen-bond donors (Lipinski definition) is 1. The van der Waals surface area contributed by atoms with Gasteiger partial charge in [-0.2, -0.15) is 0 Å². The van der Waals surface area contributed by atoms with Crippen molar-refractivity contribution >= 4 is 15.8 Å². The molecule has 114 valence electrons. The van der Waals surface area contributed by atoms with E-state index in [0.717, 1.165) is 32.1 Å². The fourth-order valence-electron chi connectivity index (χ4n) is 4.81. The molecular formula is C15H25NO3S. The van der Waals surface area contributed by atoms with Gasteiger partial charge in [0.2, 0.25) is 10.0 Å². The van der Waals surface area contributed by atoms with Crippen LogP contribution in [0.4, 0.5) is 0 Å². The molecule has 2 bridgehead atoms. The van der Waals surface area contributed by atoms with Crippen LogP contribution < -0.4 is 4.72 Å². The Morgan fingerprint density at radius 2 is 1.75 bits per heavy atom. The van der Waals surface area contributed by atoms with E-state index in [0.29, 0.717) is 12.8 Å². The van der Waals surface area contributed by atoms with Crippen molar-refractivity contribution < 1.29 is 13.2 Å². The summed E-state index contributed by atoms with van der Waals surface area (Å²) in [4.78, 5) is 12.4. The summed E-state index contributed by atoms with van der Waals surface area (Å²) in [5.41, 5.74) is -0.426. The monoisotopic (exact) mass is 299 g/mol. The van der Waals surface area contributed by atoms with Crippen molar-refractivity contribution in [3.8, 4) is 0 Å². The van der Waals surface area contributed by atoms with Gasteiger partial charge in [0.25, 0.3) is 0 Å². The third-order valence-corrected chi connectivity index (χ3v) is 8.69. The van der Waals surface area contributed by atoms with E-state index in [2.05, 4.69) is 4.72 Å². The van der Waals surface area contributed by atoms with Gasteiger partial charge < -0.3 is 0 Å². The highest BCUT2D eigenvalue weighted by Gasteiger charge is 2.71. The summed E-state index contributed by atoms with van der Waals surface area (Å²) in [5, 5.41) is 0. The number of Topliss-reactive ketones (excluding diaryl/α,β-unsaturated/α-hetero) is 1. The lowest BCUT2D eigenvalue weighted by Crippen LogP contribution is -2.57. The van der Waals surface area contributed by atoms with Crippen molar-refractivity contribution in [3.05, 3.63) is 0 Å². The lowest BCUT2D eigenvalue weighted by Gasteiger charge is -2.37. The highest BCUT2D eigenvalue weighted by atomic mass is 32.2. The molecule has 0 spiro atoms. The van der Waals surface area contributed by atoms with Crippen LogP contribution in [0.3, 0.4) is 0 Å². The first kappa shape index (κ1) is 14.5. The predicted molar refractivity (Wildman–Crippen MR) is 77.8 cm³/mol. The molecule has 3 saturated carbocycles. The minimum atomic E-state index is -3.59. The lowest BCUT2D eigenvalue weighted by atomic mass is 9.81. The van der Waals surface area contributed by atoms with Gasteiger partial charge in [0.15, 0.2) is 5.78 Å². The molecule has 3 rings (SSSR count). The quantitative estimate of drug-likeness (QED) is 0.870. The number of fused-ring (bicyclic) bond motifs is 2. The Hall–Kier alpha value is -0.420. The Bertz CT molecular complexity index is 519.